The first kappa shape index (κ1) is 9.74. The SMILES string of the molecule is C=C(CCN)c1ncccc1OC. The molecule has 0 saturated carbocycles. The molecule has 1 aromatic heterocycles. The van der Waals surface area contributed by atoms with Gasteiger partial charge in [0.2, 0.25) is 0 Å². The zero-order valence-electron chi connectivity index (χ0n) is 7.79. The molecule has 0 aliphatic carbocycles. The second-order valence-electron chi connectivity index (χ2n) is 2.70. The third-order valence-electron chi connectivity index (χ3n) is 1.77. The minimum Gasteiger partial charge on any atom is -0.494 e. The minimum absolute atomic E-state index is 0.582. The van der Waals surface area contributed by atoms with E-state index in [1.807, 2.05) is 12.1 Å². The van der Waals surface area contributed by atoms with Gasteiger partial charge in [-0.15, -0.1) is 0 Å². The minimum atomic E-state index is 0.582. The van der Waals surface area contributed by atoms with E-state index in [-0.39, 0.29) is 0 Å². The van der Waals surface area contributed by atoms with Crippen LogP contribution in [0.5, 0.6) is 5.75 Å². The number of pyridine rings is 1. The smallest absolute Gasteiger partial charge is 0.144 e. The predicted octanol–water partition coefficient (Wildman–Crippen LogP) is 1.45. The van der Waals surface area contributed by atoms with Crippen molar-refractivity contribution in [2.45, 2.75) is 6.42 Å². The van der Waals surface area contributed by atoms with Gasteiger partial charge in [-0.2, -0.15) is 0 Å². The van der Waals surface area contributed by atoms with Crippen molar-refractivity contribution in [2.75, 3.05) is 13.7 Å². The van der Waals surface area contributed by atoms with E-state index >= 15 is 0 Å². The second-order valence-corrected chi connectivity index (χ2v) is 2.70. The van der Waals surface area contributed by atoms with Crippen molar-refractivity contribution in [3.8, 4) is 5.75 Å². The van der Waals surface area contributed by atoms with E-state index in [0.717, 1.165) is 23.4 Å². The Kier molecular flexibility index (Phi) is 3.46. The van der Waals surface area contributed by atoms with Gasteiger partial charge >= 0.3 is 0 Å². The lowest BCUT2D eigenvalue weighted by atomic mass is 10.1. The van der Waals surface area contributed by atoms with Crippen LogP contribution in [0, 0.1) is 0 Å². The Morgan fingerprint density at radius 1 is 1.69 bits per heavy atom. The molecule has 0 aliphatic rings. The first-order chi connectivity index (χ1) is 6.29. The highest BCUT2D eigenvalue weighted by atomic mass is 16.5. The van der Waals surface area contributed by atoms with Crippen molar-refractivity contribution in [1.82, 2.24) is 4.98 Å². The monoisotopic (exact) mass is 178 g/mol. The molecule has 1 rings (SSSR count). The van der Waals surface area contributed by atoms with E-state index in [2.05, 4.69) is 11.6 Å². The summed E-state index contributed by atoms with van der Waals surface area (Å²) in [6.45, 7) is 4.48. The van der Waals surface area contributed by atoms with Crippen LogP contribution in [0.2, 0.25) is 0 Å². The van der Waals surface area contributed by atoms with Gasteiger partial charge in [-0.3, -0.25) is 4.98 Å². The fraction of sp³-hybridized carbons (Fsp3) is 0.300. The summed E-state index contributed by atoms with van der Waals surface area (Å²) in [7, 11) is 1.62. The van der Waals surface area contributed by atoms with Crippen LogP contribution in [0.4, 0.5) is 0 Å². The number of hydrogen-bond donors (Lipinski definition) is 1. The number of rotatable bonds is 4. The Bertz CT molecular complexity index is 297. The van der Waals surface area contributed by atoms with Crippen molar-refractivity contribution in [3.63, 3.8) is 0 Å². The molecule has 70 valence electrons. The summed E-state index contributed by atoms with van der Waals surface area (Å²) < 4.78 is 5.15. The van der Waals surface area contributed by atoms with Crippen LogP contribution in [-0.4, -0.2) is 18.6 Å². The Labute approximate surface area is 78.2 Å². The molecule has 0 bridgehead atoms. The molecular formula is C10H14N2O. The van der Waals surface area contributed by atoms with Crippen LogP contribution >= 0.6 is 0 Å². The van der Waals surface area contributed by atoms with E-state index < -0.39 is 0 Å². The summed E-state index contributed by atoms with van der Waals surface area (Å²) in [5.74, 6) is 0.751. The van der Waals surface area contributed by atoms with Gasteiger partial charge in [0.1, 0.15) is 11.4 Å². The van der Waals surface area contributed by atoms with Gasteiger partial charge in [0.15, 0.2) is 0 Å². The van der Waals surface area contributed by atoms with Crippen LogP contribution in [0.15, 0.2) is 24.9 Å². The Morgan fingerprint density at radius 2 is 2.46 bits per heavy atom. The zero-order valence-corrected chi connectivity index (χ0v) is 7.79. The molecule has 2 N–H and O–H groups in total. The number of ether oxygens (including phenoxy) is 1. The van der Waals surface area contributed by atoms with Gasteiger partial charge in [-0.25, -0.2) is 0 Å². The van der Waals surface area contributed by atoms with Gasteiger partial charge in [0.05, 0.1) is 7.11 Å². The van der Waals surface area contributed by atoms with Crippen molar-refractivity contribution in [1.29, 1.82) is 0 Å². The molecule has 3 nitrogen and oxygen atoms in total. The Hall–Kier alpha value is -1.35. The van der Waals surface area contributed by atoms with Gasteiger partial charge in [-0.1, -0.05) is 6.58 Å². The van der Waals surface area contributed by atoms with E-state index in [1.54, 1.807) is 13.3 Å². The quantitative estimate of drug-likeness (QED) is 0.759. The molecule has 0 aromatic carbocycles. The first-order valence-electron chi connectivity index (χ1n) is 4.16. The van der Waals surface area contributed by atoms with Crippen LogP contribution in [0.25, 0.3) is 5.57 Å². The van der Waals surface area contributed by atoms with Gasteiger partial charge in [-0.05, 0) is 30.7 Å². The topological polar surface area (TPSA) is 48.1 Å². The third-order valence-corrected chi connectivity index (χ3v) is 1.77. The zero-order chi connectivity index (χ0) is 9.68. The predicted molar refractivity (Wildman–Crippen MR) is 53.5 cm³/mol. The van der Waals surface area contributed by atoms with Crippen LogP contribution in [0.3, 0.4) is 0 Å². The molecule has 3 heteroatoms. The van der Waals surface area contributed by atoms with Gasteiger partial charge < -0.3 is 10.5 Å². The summed E-state index contributed by atoms with van der Waals surface area (Å²) in [5, 5.41) is 0. The highest BCUT2D eigenvalue weighted by molar-refractivity contribution is 5.65. The summed E-state index contributed by atoms with van der Waals surface area (Å²) in [6.07, 6.45) is 2.47. The molecule has 0 fully saturated rings. The van der Waals surface area contributed by atoms with Crippen LogP contribution in [0.1, 0.15) is 12.1 Å². The first-order valence-corrected chi connectivity index (χ1v) is 4.16. The Balaban J connectivity index is 2.92. The lowest BCUT2D eigenvalue weighted by Gasteiger charge is -2.08. The molecule has 0 saturated heterocycles. The fourth-order valence-electron chi connectivity index (χ4n) is 1.11. The van der Waals surface area contributed by atoms with Crippen molar-refractivity contribution in [2.24, 2.45) is 5.73 Å². The fourth-order valence-corrected chi connectivity index (χ4v) is 1.11. The number of nitrogens with zero attached hydrogens (tertiary/aromatic N) is 1. The molecule has 0 spiro atoms. The molecule has 0 radical (unpaired) electrons. The molecular weight excluding hydrogens is 164 g/mol. The summed E-state index contributed by atoms with van der Waals surface area (Å²) >= 11 is 0. The average Bonchev–Trinajstić information content (AvgIpc) is 2.18. The van der Waals surface area contributed by atoms with Crippen molar-refractivity contribution in [3.05, 3.63) is 30.6 Å². The largest absolute Gasteiger partial charge is 0.494 e. The van der Waals surface area contributed by atoms with E-state index in [1.165, 1.54) is 0 Å². The normalized spacial score (nSPS) is 9.69. The maximum Gasteiger partial charge on any atom is 0.144 e. The van der Waals surface area contributed by atoms with Gasteiger partial charge in [0, 0.05) is 6.20 Å². The van der Waals surface area contributed by atoms with Crippen LogP contribution in [-0.2, 0) is 0 Å². The molecule has 0 aliphatic heterocycles. The number of nitrogens with two attached hydrogens (primary N) is 1. The highest BCUT2D eigenvalue weighted by Crippen LogP contribution is 2.23. The third kappa shape index (κ3) is 2.29. The highest BCUT2D eigenvalue weighted by Gasteiger charge is 2.05. The number of hydrogen-bond acceptors (Lipinski definition) is 3. The molecule has 1 heterocycles. The van der Waals surface area contributed by atoms with Gasteiger partial charge in [0.25, 0.3) is 0 Å². The molecule has 13 heavy (non-hydrogen) atoms. The van der Waals surface area contributed by atoms with E-state index in [0.29, 0.717) is 6.54 Å². The number of methoxy groups -OCH3 is 1. The summed E-state index contributed by atoms with van der Waals surface area (Å²) in [5.41, 5.74) is 7.15. The standard InChI is InChI=1S/C10H14N2O/c1-8(5-6-11)10-9(13-2)4-3-7-12-10/h3-4,7H,1,5-6,11H2,2H3. The molecule has 0 atom stereocenters. The summed E-state index contributed by atoms with van der Waals surface area (Å²) in [4.78, 5) is 4.19. The maximum absolute atomic E-state index is 5.43. The molecule has 0 unspecified atom stereocenters. The van der Waals surface area contributed by atoms with Crippen molar-refractivity contribution < 1.29 is 4.74 Å². The Morgan fingerprint density at radius 3 is 3.08 bits per heavy atom. The van der Waals surface area contributed by atoms with E-state index in [9.17, 15) is 0 Å². The molecule has 1 aromatic rings. The van der Waals surface area contributed by atoms with Crippen LogP contribution < -0.4 is 10.5 Å². The lowest BCUT2D eigenvalue weighted by molar-refractivity contribution is 0.411. The summed E-state index contributed by atoms with van der Waals surface area (Å²) in [6, 6.07) is 3.70. The maximum atomic E-state index is 5.43. The lowest BCUT2D eigenvalue weighted by Crippen LogP contribution is -2.01. The molecule has 0 amide bonds. The van der Waals surface area contributed by atoms with Crippen molar-refractivity contribution >= 4 is 5.57 Å². The number of aromatic nitrogens is 1. The average molecular weight is 178 g/mol. The second kappa shape index (κ2) is 4.62. The van der Waals surface area contributed by atoms with E-state index in [4.69, 9.17) is 10.5 Å².